The van der Waals surface area contributed by atoms with E-state index in [1.807, 2.05) is 0 Å². The van der Waals surface area contributed by atoms with E-state index in [1.165, 1.54) is 49.7 Å². The Morgan fingerprint density at radius 2 is 1.93 bits per heavy atom. The van der Waals surface area contributed by atoms with Crippen molar-refractivity contribution in [3.8, 4) is 5.75 Å². The highest BCUT2D eigenvalue weighted by molar-refractivity contribution is 5.85. The van der Waals surface area contributed by atoms with Crippen molar-refractivity contribution in [1.82, 2.24) is 10.2 Å². The van der Waals surface area contributed by atoms with Crippen molar-refractivity contribution in [3.63, 3.8) is 0 Å². The van der Waals surface area contributed by atoms with Gasteiger partial charge in [0.05, 0.1) is 6.61 Å². The topological polar surface area (TPSA) is 41.6 Å². The monoisotopic (exact) mass is 392 g/mol. The molecule has 0 aromatic heterocycles. The molecule has 0 atom stereocenters. The average molecular weight is 393 g/mol. The summed E-state index contributed by atoms with van der Waals surface area (Å²) in [6, 6.07) is 6.93. The molecule has 2 heterocycles. The van der Waals surface area contributed by atoms with E-state index in [4.69, 9.17) is 4.74 Å². The largest absolute Gasteiger partial charge is 0.493 e. The Bertz CT molecular complexity index is 625. The van der Waals surface area contributed by atoms with Crippen molar-refractivity contribution in [3.05, 3.63) is 29.3 Å². The summed E-state index contributed by atoms with van der Waals surface area (Å²) >= 11 is 0. The minimum atomic E-state index is 0. The van der Waals surface area contributed by atoms with Gasteiger partial charge < -0.3 is 15.0 Å². The number of fused-ring (bicyclic) bond motifs is 1. The molecule has 0 bridgehead atoms. The van der Waals surface area contributed by atoms with Crippen LogP contribution in [0.1, 0.15) is 62.5 Å². The lowest BCUT2D eigenvalue weighted by atomic mass is 9.93. The Morgan fingerprint density at radius 1 is 1.15 bits per heavy atom. The lowest BCUT2D eigenvalue weighted by Crippen LogP contribution is -2.38. The number of carbonyl (C=O) groups excluding carboxylic acids is 1. The van der Waals surface area contributed by atoms with Gasteiger partial charge in [0.1, 0.15) is 5.75 Å². The van der Waals surface area contributed by atoms with Crippen molar-refractivity contribution in [2.45, 2.75) is 70.4 Å². The van der Waals surface area contributed by atoms with Crippen LogP contribution in [-0.4, -0.2) is 36.5 Å². The van der Waals surface area contributed by atoms with Crippen LogP contribution in [0.25, 0.3) is 0 Å². The number of nitrogens with zero attached hydrogens (tertiary/aromatic N) is 1. The Morgan fingerprint density at radius 3 is 2.70 bits per heavy atom. The molecule has 2 aliphatic heterocycles. The van der Waals surface area contributed by atoms with Crippen LogP contribution >= 0.6 is 12.4 Å². The number of rotatable bonds is 6. The summed E-state index contributed by atoms with van der Waals surface area (Å²) < 4.78 is 5.63. The van der Waals surface area contributed by atoms with Gasteiger partial charge >= 0.3 is 0 Å². The van der Waals surface area contributed by atoms with Crippen molar-refractivity contribution < 1.29 is 9.53 Å². The lowest BCUT2D eigenvalue weighted by Gasteiger charge is -2.30. The molecule has 1 N–H and O–H groups in total. The van der Waals surface area contributed by atoms with E-state index in [2.05, 4.69) is 28.4 Å². The molecule has 4 rings (SSSR count). The predicted octanol–water partition coefficient (Wildman–Crippen LogP) is 4.09. The highest BCUT2D eigenvalue weighted by Gasteiger charge is 2.27. The van der Waals surface area contributed by atoms with E-state index in [0.29, 0.717) is 11.9 Å². The Hall–Kier alpha value is -1.26. The number of halogens is 1. The van der Waals surface area contributed by atoms with Crippen LogP contribution in [0.5, 0.6) is 5.75 Å². The van der Waals surface area contributed by atoms with E-state index < -0.39 is 0 Å². The van der Waals surface area contributed by atoms with E-state index in [-0.39, 0.29) is 12.4 Å². The van der Waals surface area contributed by atoms with Gasteiger partial charge in [-0.05, 0) is 68.3 Å². The van der Waals surface area contributed by atoms with Gasteiger partial charge in [-0.15, -0.1) is 12.4 Å². The van der Waals surface area contributed by atoms with Gasteiger partial charge in [0.15, 0.2) is 0 Å². The fraction of sp³-hybridized carbons (Fsp3) is 0.682. The molecule has 1 amide bonds. The molecule has 1 aromatic carbocycles. The van der Waals surface area contributed by atoms with E-state index >= 15 is 0 Å². The Kier molecular flexibility index (Phi) is 7.42. The molecule has 0 spiro atoms. The van der Waals surface area contributed by atoms with Crippen molar-refractivity contribution in [2.24, 2.45) is 5.92 Å². The predicted molar refractivity (Wildman–Crippen MR) is 111 cm³/mol. The van der Waals surface area contributed by atoms with Gasteiger partial charge in [-0.3, -0.25) is 4.79 Å². The Labute approximate surface area is 169 Å². The van der Waals surface area contributed by atoms with Gasteiger partial charge in [-0.1, -0.05) is 25.0 Å². The van der Waals surface area contributed by atoms with Crippen LogP contribution in [0.4, 0.5) is 0 Å². The van der Waals surface area contributed by atoms with E-state index in [9.17, 15) is 4.79 Å². The molecule has 1 aromatic rings. The highest BCUT2D eigenvalue weighted by atomic mass is 35.5. The molecule has 2 fully saturated rings. The molecule has 1 saturated carbocycles. The second-order valence-electron chi connectivity index (χ2n) is 8.23. The average Bonchev–Trinajstić information content (AvgIpc) is 3.36. The first-order valence-electron chi connectivity index (χ1n) is 10.5. The van der Waals surface area contributed by atoms with Crippen molar-refractivity contribution >= 4 is 18.3 Å². The third-order valence-corrected chi connectivity index (χ3v) is 6.42. The Balaban J connectivity index is 0.00000210. The smallest absolute Gasteiger partial charge is 0.223 e. The first-order chi connectivity index (χ1) is 12.8. The van der Waals surface area contributed by atoms with Gasteiger partial charge in [-0.2, -0.15) is 0 Å². The lowest BCUT2D eigenvalue weighted by molar-refractivity contribution is -0.134. The third kappa shape index (κ3) is 5.17. The maximum Gasteiger partial charge on any atom is 0.223 e. The van der Waals surface area contributed by atoms with Gasteiger partial charge in [-0.25, -0.2) is 0 Å². The zero-order chi connectivity index (χ0) is 17.8. The third-order valence-electron chi connectivity index (χ3n) is 6.42. The SMILES string of the molecule is Cl.O=C(CCC1CCNCC1)N(Cc1ccc2c(c1)CCO2)C1CCCC1. The number of benzene rings is 1. The number of ether oxygens (including phenoxy) is 1. The van der Waals surface area contributed by atoms with Gasteiger partial charge in [0.2, 0.25) is 5.91 Å². The molecule has 3 aliphatic rings. The first-order valence-corrected chi connectivity index (χ1v) is 10.5. The summed E-state index contributed by atoms with van der Waals surface area (Å²) in [5.74, 6) is 2.12. The summed E-state index contributed by atoms with van der Waals surface area (Å²) in [5, 5.41) is 3.42. The van der Waals surface area contributed by atoms with Gasteiger partial charge in [0.25, 0.3) is 0 Å². The normalized spacial score (nSPS) is 20.0. The minimum absolute atomic E-state index is 0. The number of piperidine rings is 1. The number of amides is 1. The standard InChI is InChI=1S/C22H32N2O2.ClH/c25-22(8-6-17-9-12-23-13-10-17)24(20-3-1-2-4-20)16-18-5-7-21-19(15-18)11-14-26-21;/h5,7,15,17,20,23H,1-4,6,8-14,16H2;1H. The first kappa shape index (κ1) is 20.5. The number of carbonyl (C=O) groups is 1. The maximum atomic E-state index is 13.1. The summed E-state index contributed by atoms with van der Waals surface area (Å²) in [5.41, 5.74) is 2.56. The molecule has 1 saturated heterocycles. The maximum absolute atomic E-state index is 13.1. The molecule has 0 radical (unpaired) electrons. The summed E-state index contributed by atoms with van der Waals surface area (Å²) in [6.45, 7) is 3.79. The van der Waals surface area contributed by atoms with E-state index in [0.717, 1.165) is 57.2 Å². The fourth-order valence-corrected chi connectivity index (χ4v) is 4.81. The second kappa shape index (κ2) is 9.79. The summed E-state index contributed by atoms with van der Waals surface area (Å²) in [4.78, 5) is 15.3. The minimum Gasteiger partial charge on any atom is -0.493 e. The molecule has 4 nitrogen and oxygen atoms in total. The fourth-order valence-electron chi connectivity index (χ4n) is 4.81. The van der Waals surface area contributed by atoms with Crippen LogP contribution in [0.15, 0.2) is 18.2 Å². The molecule has 27 heavy (non-hydrogen) atoms. The molecular formula is C22H33ClN2O2. The number of hydrogen-bond acceptors (Lipinski definition) is 3. The van der Waals surface area contributed by atoms with E-state index in [1.54, 1.807) is 0 Å². The number of nitrogens with one attached hydrogen (secondary N) is 1. The van der Waals surface area contributed by atoms with Crippen molar-refractivity contribution in [1.29, 1.82) is 0 Å². The van der Waals surface area contributed by atoms with Crippen LogP contribution in [0.2, 0.25) is 0 Å². The zero-order valence-corrected chi connectivity index (χ0v) is 17.1. The summed E-state index contributed by atoms with van der Waals surface area (Å²) in [7, 11) is 0. The molecule has 1 aliphatic carbocycles. The van der Waals surface area contributed by atoms with Crippen LogP contribution in [-0.2, 0) is 17.8 Å². The van der Waals surface area contributed by atoms with Crippen molar-refractivity contribution in [2.75, 3.05) is 19.7 Å². The number of hydrogen-bond donors (Lipinski definition) is 1. The molecular weight excluding hydrogens is 360 g/mol. The molecule has 0 unspecified atom stereocenters. The quantitative estimate of drug-likeness (QED) is 0.792. The molecule has 150 valence electrons. The van der Waals surface area contributed by atoms with Crippen LogP contribution < -0.4 is 10.1 Å². The second-order valence-corrected chi connectivity index (χ2v) is 8.23. The highest BCUT2D eigenvalue weighted by Crippen LogP contribution is 2.30. The van der Waals surface area contributed by atoms with Crippen LogP contribution in [0.3, 0.4) is 0 Å². The summed E-state index contributed by atoms with van der Waals surface area (Å²) in [6.07, 6.45) is 10.1. The van der Waals surface area contributed by atoms with Gasteiger partial charge in [0, 0.05) is 25.4 Å². The van der Waals surface area contributed by atoms with Crippen LogP contribution in [0, 0.1) is 5.92 Å². The zero-order valence-electron chi connectivity index (χ0n) is 16.3. The molecule has 5 heteroatoms.